The van der Waals surface area contributed by atoms with Gasteiger partial charge in [-0.1, -0.05) is 30.3 Å². The van der Waals surface area contributed by atoms with E-state index in [1.807, 2.05) is 34.3 Å². The summed E-state index contributed by atoms with van der Waals surface area (Å²) in [5, 5.41) is 0. The fourth-order valence-electron chi connectivity index (χ4n) is 1.89. The predicted molar refractivity (Wildman–Crippen MR) is 78.3 cm³/mol. The van der Waals surface area contributed by atoms with E-state index in [1.165, 1.54) is 23.7 Å². The standard InChI is InChI=1S/C15H12FN3S/c1-17-15-18-14(11-5-3-2-4-6-11)19(20-15)13-9-7-12(16)8-10-13/h2-10H,1H3. The van der Waals surface area contributed by atoms with Crippen LogP contribution in [-0.2, 0) is 0 Å². The molecule has 0 saturated carbocycles. The van der Waals surface area contributed by atoms with Crippen LogP contribution in [0.5, 0.6) is 0 Å². The van der Waals surface area contributed by atoms with E-state index >= 15 is 0 Å². The molecule has 5 heteroatoms. The molecular formula is C15H12FN3S. The van der Waals surface area contributed by atoms with E-state index in [0.29, 0.717) is 4.80 Å². The van der Waals surface area contributed by atoms with Crippen LogP contribution < -0.4 is 4.80 Å². The van der Waals surface area contributed by atoms with Gasteiger partial charge in [-0.3, -0.25) is 4.99 Å². The molecule has 0 spiro atoms. The van der Waals surface area contributed by atoms with Gasteiger partial charge in [0.15, 0.2) is 5.82 Å². The lowest BCUT2D eigenvalue weighted by atomic mass is 10.2. The average Bonchev–Trinajstić information content (AvgIpc) is 2.93. The zero-order valence-electron chi connectivity index (χ0n) is 10.8. The predicted octanol–water partition coefficient (Wildman–Crippen LogP) is 3.27. The van der Waals surface area contributed by atoms with Crippen LogP contribution in [-0.4, -0.2) is 16.0 Å². The molecule has 0 unspecified atom stereocenters. The van der Waals surface area contributed by atoms with Crippen molar-refractivity contribution < 1.29 is 4.39 Å². The SMILES string of the molecule is CN=c1nc(-c2ccccc2)n(-c2ccc(F)cc2)s1. The Morgan fingerprint density at radius 2 is 1.75 bits per heavy atom. The summed E-state index contributed by atoms with van der Waals surface area (Å²) >= 11 is 1.43. The number of rotatable bonds is 2. The molecule has 20 heavy (non-hydrogen) atoms. The van der Waals surface area contributed by atoms with Crippen molar-refractivity contribution in [2.24, 2.45) is 4.99 Å². The maximum atomic E-state index is 13.1. The van der Waals surface area contributed by atoms with Crippen LogP contribution in [0.1, 0.15) is 0 Å². The molecule has 2 aromatic carbocycles. The van der Waals surface area contributed by atoms with E-state index < -0.39 is 0 Å². The summed E-state index contributed by atoms with van der Waals surface area (Å²) in [5.41, 5.74) is 1.88. The molecule has 0 aliphatic heterocycles. The number of hydrogen-bond donors (Lipinski definition) is 0. The minimum Gasteiger partial charge on any atom is -0.260 e. The first kappa shape index (κ1) is 12.7. The molecule has 100 valence electrons. The largest absolute Gasteiger partial charge is 0.260 e. The number of aromatic nitrogens is 2. The molecule has 0 fully saturated rings. The van der Waals surface area contributed by atoms with E-state index in [0.717, 1.165) is 17.1 Å². The van der Waals surface area contributed by atoms with Crippen LogP contribution in [0.15, 0.2) is 59.6 Å². The molecule has 0 aliphatic rings. The Labute approximate surface area is 119 Å². The molecular weight excluding hydrogens is 273 g/mol. The molecule has 0 bridgehead atoms. The maximum Gasteiger partial charge on any atom is 0.222 e. The molecule has 0 saturated heterocycles. The third-order valence-electron chi connectivity index (χ3n) is 2.85. The lowest BCUT2D eigenvalue weighted by Gasteiger charge is -2.06. The van der Waals surface area contributed by atoms with Crippen LogP contribution >= 0.6 is 11.5 Å². The highest BCUT2D eigenvalue weighted by atomic mass is 32.1. The van der Waals surface area contributed by atoms with Gasteiger partial charge in [0.1, 0.15) is 5.82 Å². The van der Waals surface area contributed by atoms with Gasteiger partial charge in [0.05, 0.1) is 5.69 Å². The lowest BCUT2D eigenvalue weighted by Crippen LogP contribution is -1.96. The number of hydrogen-bond acceptors (Lipinski definition) is 3. The number of benzene rings is 2. The van der Waals surface area contributed by atoms with Gasteiger partial charge >= 0.3 is 0 Å². The summed E-state index contributed by atoms with van der Waals surface area (Å²) in [5.74, 6) is 0.559. The van der Waals surface area contributed by atoms with Gasteiger partial charge in [0, 0.05) is 12.6 Å². The van der Waals surface area contributed by atoms with Crippen molar-refractivity contribution in [1.82, 2.24) is 8.94 Å². The summed E-state index contributed by atoms with van der Waals surface area (Å²) < 4.78 is 15.0. The quantitative estimate of drug-likeness (QED) is 0.710. The molecule has 3 rings (SSSR count). The summed E-state index contributed by atoms with van der Waals surface area (Å²) in [6.07, 6.45) is 0. The van der Waals surface area contributed by atoms with Gasteiger partial charge in [0.2, 0.25) is 4.80 Å². The minimum absolute atomic E-state index is 0.250. The summed E-state index contributed by atoms with van der Waals surface area (Å²) in [7, 11) is 1.71. The van der Waals surface area contributed by atoms with E-state index in [9.17, 15) is 4.39 Å². The van der Waals surface area contributed by atoms with Crippen LogP contribution in [0.2, 0.25) is 0 Å². The summed E-state index contributed by atoms with van der Waals surface area (Å²) in [4.78, 5) is 9.34. The lowest BCUT2D eigenvalue weighted by molar-refractivity contribution is 0.627. The fourth-order valence-corrected chi connectivity index (χ4v) is 2.72. The zero-order chi connectivity index (χ0) is 13.9. The highest BCUT2D eigenvalue weighted by Crippen LogP contribution is 2.22. The van der Waals surface area contributed by atoms with Crippen LogP contribution in [0, 0.1) is 5.82 Å². The van der Waals surface area contributed by atoms with Crippen molar-refractivity contribution in [3.05, 3.63) is 65.2 Å². The summed E-state index contributed by atoms with van der Waals surface area (Å²) in [6.45, 7) is 0. The first-order chi connectivity index (χ1) is 9.78. The normalized spacial score (nSPS) is 11.8. The Morgan fingerprint density at radius 3 is 2.40 bits per heavy atom. The third kappa shape index (κ3) is 2.40. The molecule has 0 atom stereocenters. The number of nitrogens with zero attached hydrogens (tertiary/aromatic N) is 3. The molecule has 1 aromatic heterocycles. The van der Waals surface area contributed by atoms with Gasteiger partial charge in [-0.25, -0.2) is 8.35 Å². The average molecular weight is 285 g/mol. The molecule has 3 nitrogen and oxygen atoms in total. The van der Waals surface area contributed by atoms with E-state index in [4.69, 9.17) is 0 Å². The highest BCUT2D eigenvalue weighted by Gasteiger charge is 2.10. The van der Waals surface area contributed by atoms with Gasteiger partial charge < -0.3 is 0 Å². The van der Waals surface area contributed by atoms with Crippen molar-refractivity contribution in [3.8, 4) is 17.1 Å². The van der Waals surface area contributed by atoms with Gasteiger partial charge in [-0.2, -0.15) is 4.98 Å². The second-order valence-electron chi connectivity index (χ2n) is 4.17. The fraction of sp³-hybridized carbons (Fsp3) is 0.0667. The van der Waals surface area contributed by atoms with Crippen molar-refractivity contribution in [2.75, 3.05) is 7.05 Å². The Kier molecular flexibility index (Phi) is 3.43. The van der Waals surface area contributed by atoms with Gasteiger partial charge in [0.25, 0.3) is 0 Å². The molecule has 0 aliphatic carbocycles. The molecule has 1 heterocycles. The smallest absolute Gasteiger partial charge is 0.222 e. The Balaban J connectivity index is 2.20. The van der Waals surface area contributed by atoms with Crippen molar-refractivity contribution in [2.45, 2.75) is 0 Å². The second-order valence-corrected chi connectivity index (χ2v) is 5.08. The molecule has 0 amide bonds. The van der Waals surface area contributed by atoms with Crippen LogP contribution in [0.3, 0.4) is 0 Å². The van der Waals surface area contributed by atoms with E-state index in [1.54, 1.807) is 19.2 Å². The van der Waals surface area contributed by atoms with Gasteiger partial charge in [-0.15, -0.1) is 0 Å². The van der Waals surface area contributed by atoms with Crippen LogP contribution in [0.4, 0.5) is 4.39 Å². The zero-order valence-corrected chi connectivity index (χ0v) is 11.6. The minimum atomic E-state index is -0.250. The van der Waals surface area contributed by atoms with Crippen molar-refractivity contribution in [1.29, 1.82) is 0 Å². The van der Waals surface area contributed by atoms with Gasteiger partial charge in [-0.05, 0) is 35.8 Å². The maximum absolute atomic E-state index is 13.1. The van der Waals surface area contributed by atoms with Crippen molar-refractivity contribution in [3.63, 3.8) is 0 Å². The molecule has 3 aromatic rings. The Morgan fingerprint density at radius 1 is 1.05 bits per heavy atom. The third-order valence-corrected chi connectivity index (χ3v) is 3.85. The van der Waals surface area contributed by atoms with Crippen LogP contribution in [0.25, 0.3) is 17.1 Å². The topological polar surface area (TPSA) is 30.2 Å². The highest BCUT2D eigenvalue weighted by molar-refractivity contribution is 7.04. The molecule has 0 N–H and O–H groups in total. The monoisotopic (exact) mass is 285 g/mol. The first-order valence-corrected chi connectivity index (χ1v) is 6.90. The van der Waals surface area contributed by atoms with Crippen molar-refractivity contribution >= 4 is 11.5 Å². The first-order valence-electron chi connectivity index (χ1n) is 6.12. The van der Waals surface area contributed by atoms with E-state index in [-0.39, 0.29) is 5.82 Å². The number of halogens is 1. The second kappa shape index (κ2) is 5.38. The summed E-state index contributed by atoms with van der Waals surface area (Å²) in [6, 6.07) is 16.2. The van der Waals surface area contributed by atoms with E-state index in [2.05, 4.69) is 9.98 Å². The Hall–Kier alpha value is -2.27. The molecule has 0 radical (unpaired) electrons. The Bertz CT molecular complexity index is 773.